The molecule has 0 amide bonds. The number of rotatable bonds is 7. The molecule has 0 saturated carbocycles. The number of carbonyl (C=O) groups excluding carboxylic acids is 1. The summed E-state index contributed by atoms with van der Waals surface area (Å²) < 4.78 is 18.1. The number of aromatic nitrogens is 1. The third-order valence-electron chi connectivity index (χ3n) is 6.95. The molecule has 2 atom stereocenters. The molecule has 0 fully saturated rings. The zero-order chi connectivity index (χ0) is 27.8. The van der Waals surface area contributed by atoms with Crippen molar-refractivity contribution in [3.8, 4) is 11.5 Å². The molecule has 3 heterocycles. The van der Waals surface area contributed by atoms with Crippen LogP contribution >= 0.6 is 0 Å². The lowest BCUT2D eigenvalue weighted by Gasteiger charge is -2.41. The zero-order valence-electron chi connectivity index (χ0n) is 21.8. The molecule has 0 spiro atoms. The number of nitrogens with two attached hydrogens (primary N) is 1. The maximum atomic E-state index is 13.2. The van der Waals surface area contributed by atoms with Crippen LogP contribution in [-0.4, -0.2) is 44.6 Å². The van der Waals surface area contributed by atoms with E-state index in [4.69, 9.17) is 19.6 Å². The topological polar surface area (TPSA) is 165 Å². The first kappa shape index (κ1) is 27.2. The first-order valence-corrected chi connectivity index (χ1v) is 12.3. The number of benzene rings is 1. The highest BCUT2D eigenvalue weighted by Gasteiger charge is 2.44. The molecule has 10 heteroatoms. The average Bonchev–Trinajstić information content (AvgIpc) is 2.87. The minimum absolute atomic E-state index is 0.00351. The fourth-order valence-electron chi connectivity index (χ4n) is 4.75. The van der Waals surface area contributed by atoms with Gasteiger partial charge in [0.2, 0.25) is 0 Å². The van der Waals surface area contributed by atoms with E-state index in [0.717, 1.165) is 6.07 Å². The van der Waals surface area contributed by atoms with Crippen LogP contribution in [0.4, 0.5) is 5.82 Å². The first-order valence-electron chi connectivity index (χ1n) is 12.3. The van der Waals surface area contributed by atoms with Gasteiger partial charge in [-0.15, -0.1) is 0 Å². The van der Waals surface area contributed by atoms with Gasteiger partial charge in [-0.25, -0.2) is 9.78 Å². The number of pyridine rings is 1. The number of allylic oxidation sites excluding steroid dienone is 1. The van der Waals surface area contributed by atoms with Gasteiger partial charge in [-0.1, -0.05) is 6.08 Å². The summed E-state index contributed by atoms with van der Waals surface area (Å²) in [6.45, 7) is 6.13. The van der Waals surface area contributed by atoms with E-state index in [-0.39, 0.29) is 59.1 Å². The van der Waals surface area contributed by atoms with E-state index in [1.165, 1.54) is 6.20 Å². The Morgan fingerprint density at radius 1 is 1.34 bits per heavy atom. The molecule has 2 aromatic heterocycles. The van der Waals surface area contributed by atoms with Crippen molar-refractivity contribution in [3.63, 3.8) is 0 Å². The second kappa shape index (κ2) is 10.5. The number of aliphatic hydroxyl groups excluding tert-OH is 2. The van der Waals surface area contributed by atoms with Crippen LogP contribution < -0.4 is 15.9 Å². The molecule has 1 aliphatic heterocycles. The molecular weight excluding hydrogens is 492 g/mol. The van der Waals surface area contributed by atoms with E-state index < -0.39 is 35.6 Å². The average molecular weight is 525 g/mol. The number of hydrogen-bond donors (Lipinski definition) is 4. The van der Waals surface area contributed by atoms with Gasteiger partial charge in [0.05, 0.1) is 0 Å². The molecule has 0 aliphatic carbocycles. The number of carbonyl (C=O) groups is 1. The van der Waals surface area contributed by atoms with Gasteiger partial charge in [-0.05, 0) is 51.8 Å². The predicted octanol–water partition coefficient (Wildman–Crippen LogP) is 3.07. The van der Waals surface area contributed by atoms with Crippen molar-refractivity contribution in [3.05, 3.63) is 68.7 Å². The number of phenolic OH excluding ortho intramolecular Hbond substituents is 1. The van der Waals surface area contributed by atoms with Crippen LogP contribution in [0.15, 0.2) is 45.3 Å². The molecule has 5 N–H and O–H groups in total. The van der Waals surface area contributed by atoms with Crippen molar-refractivity contribution in [2.24, 2.45) is 0 Å². The molecular formula is C28H32N2O8. The van der Waals surface area contributed by atoms with Gasteiger partial charge >= 0.3 is 5.97 Å². The molecule has 0 bridgehead atoms. The van der Waals surface area contributed by atoms with E-state index in [2.05, 4.69) is 4.98 Å². The Labute approximate surface area is 219 Å². The highest BCUT2D eigenvalue weighted by atomic mass is 16.6. The summed E-state index contributed by atoms with van der Waals surface area (Å²) in [6.07, 6.45) is 2.64. The molecule has 1 aromatic carbocycles. The zero-order valence-corrected chi connectivity index (χ0v) is 21.8. The lowest BCUT2D eigenvalue weighted by Crippen LogP contribution is -2.49. The molecule has 3 aromatic rings. The van der Waals surface area contributed by atoms with Crippen molar-refractivity contribution < 1.29 is 34.0 Å². The Bertz CT molecular complexity index is 1470. The third-order valence-corrected chi connectivity index (χ3v) is 6.95. The van der Waals surface area contributed by atoms with Crippen LogP contribution in [0.25, 0.3) is 11.0 Å². The summed E-state index contributed by atoms with van der Waals surface area (Å²) in [5.74, 6) is -0.943. The minimum atomic E-state index is -1.04. The number of aromatic hydroxyl groups is 1. The number of nitrogen functional groups attached to an aromatic ring is 1. The molecule has 4 rings (SSSR count). The number of nitrogens with zero attached hydrogens (tertiary/aromatic N) is 1. The summed E-state index contributed by atoms with van der Waals surface area (Å²) in [5, 5.41) is 31.0. The normalized spacial score (nSPS) is 17.5. The van der Waals surface area contributed by atoms with Gasteiger partial charge in [-0.2, -0.15) is 0 Å². The Morgan fingerprint density at radius 3 is 2.71 bits per heavy atom. The van der Waals surface area contributed by atoms with Crippen molar-refractivity contribution in [1.82, 2.24) is 4.98 Å². The van der Waals surface area contributed by atoms with Crippen LogP contribution in [0.5, 0.6) is 11.5 Å². The van der Waals surface area contributed by atoms with Crippen LogP contribution in [0.1, 0.15) is 62.5 Å². The number of esters is 1. The Hall–Kier alpha value is -3.89. The van der Waals surface area contributed by atoms with Gasteiger partial charge in [0, 0.05) is 47.9 Å². The van der Waals surface area contributed by atoms with Gasteiger partial charge in [0.1, 0.15) is 52.4 Å². The summed E-state index contributed by atoms with van der Waals surface area (Å²) in [7, 11) is 0. The monoisotopic (exact) mass is 524 g/mol. The number of aliphatic hydroxyl groups is 2. The SMILES string of the molecule is C/C=C(/C)C(=O)O[C@@H]1Cc2c(c([C@H](CCO)c3ccnc(N)c3)c3oc(CO)cc(=O)c3c2O)OC1(C)C. The van der Waals surface area contributed by atoms with Crippen LogP contribution in [0.3, 0.4) is 0 Å². The van der Waals surface area contributed by atoms with E-state index >= 15 is 0 Å². The summed E-state index contributed by atoms with van der Waals surface area (Å²) >= 11 is 0. The summed E-state index contributed by atoms with van der Waals surface area (Å²) in [6, 6.07) is 4.50. The van der Waals surface area contributed by atoms with Gasteiger partial charge in [-0.3, -0.25) is 4.79 Å². The van der Waals surface area contributed by atoms with Crippen molar-refractivity contribution in [1.29, 1.82) is 0 Å². The predicted molar refractivity (Wildman–Crippen MR) is 140 cm³/mol. The number of ether oxygens (including phenoxy) is 2. The second-order valence-corrected chi connectivity index (χ2v) is 9.86. The fraction of sp³-hybridized carbons (Fsp3) is 0.393. The Morgan fingerprint density at radius 2 is 2.08 bits per heavy atom. The molecule has 0 saturated heterocycles. The number of anilines is 1. The minimum Gasteiger partial charge on any atom is -0.507 e. The Balaban J connectivity index is 2.04. The standard InChI is InChI=1S/C28H32N2O8/c1-5-14(2)27(35)37-20-12-18-24(34)23-19(33)11-16(13-32)36-26(23)22(25(18)38-28(20,3)4)17(7-9-31)15-6-8-30-21(29)10-15/h5-6,8,10-11,17,20,31-32,34H,7,9,12-13H2,1-4H3,(H2,29,30)/b14-5-/t17-,20-/m1/s1. The van der Waals surface area contributed by atoms with E-state index in [0.29, 0.717) is 16.7 Å². The lowest BCUT2D eigenvalue weighted by atomic mass is 9.82. The lowest BCUT2D eigenvalue weighted by molar-refractivity contribution is -0.156. The van der Waals surface area contributed by atoms with Crippen molar-refractivity contribution >= 4 is 22.8 Å². The van der Waals surface area contributed by atoms with Crippen molar-refractivity contribution in [2.45, 2.75) is 64.8 Å². The first-order chi connectivity index (χ1) is 18.0. The van der Waals surface area contributed by atoms with Gasteiger partial charge < -0.3 is 34.9 Å². The molecule has 1 aliphatic rings. The molecule has 10 nitrogen and oxygen atoms in total. The van der Waals surface area contributed by atoms with Gasteiger partial charge in [0.15, 0.2) is 5.43 Å². The molecule has 202 valence electrons. The summed E-state index contributed by atoms with van der Waals surface area (Å²) in [5.41, 5.74) is 6.16. The molecule has 38 heavy (non-hydrogen) atoms. The molecule has 0 unspecified atom stereocenters. The van der Waals surface area contributed by atoms with E-state index in [9.17, 15) is 24.9 Å². The maximum absolute atomic E-state index is 13.2. The van der Waals surface area contributed by atoms with E-state index in [1.54, 1.807) is 45.9 Å². The highest BCUT2D eigenvalue weighted by molar-refractivity contribution is 5.92. The fourth-order valence-corrected chi connectivity index (χ4v) is 4.75. The van der Waals surface area contributed by atoms with E-state index in [1.807, 2.05) is 0 Å². The third kappa shape index (κ3) is 4.84. The number of phenols is 1. The van der Waals surface area contributed by atoms with Crippen molar-refractivity contribution in [2.75, 3.05) is 12.3 Å². The quantitative estimate of drug-likeness (QED) is 0.266. The van der Waals surface area contributed by atoms with Crippen LogP contribution in [-0.2, 0) is 22.6 Å². The van der Waals surface area contributed by atoms with Crippen LogP contribution in [0, 0.1) is 0 Å². The number of hydrogen-bond acceptors (Lipinski definition) is 10. The second-order valence-electron chi connectivity index (χ2n) is 9.86. The Kier molecular flexibility index (Phi) is 7.48. The largest absolute Gasteiger partial charge is 0.507 e. The smallest absolute Gasteiger partial charge is 0.333 e. The highest BCUT2D eigenvalue weighted by Crippen LogP contribution is 2.50. The maximum Gasteiger partial charge on any atom is 0.333 e. The molecule has 0 radical (unpaired) electrons. The van der Waals surface area contributed by atoms with Crippen LogP contribution in [0.2, 0.25) is 0 Å². The summed E-state index contributed by atoms with van der Waals surface area (Å²) in [4.78, 5) is 29.8. The number of fused-ring (bicyclic) bond motifs is 2. The van der Waals surface area contributed by atoms with Gasteiger partial charge in [0.25, 0.3) is 0 Å².